The molecule has 0 saturated heterocycles. The number of carbonyl (C=O) groups is 1. The van der Waals surface area contributed by atoms with Crippen LogP contribution in [0.15, 0.2) is 59.0 Å². The van der Waals surface area contributed by atoms with Crippen LogP contribution in [0.5, 0.6) is 0 Å². The SMILES string of the molecule is CNC(=O)c1c(-c2ccc(F)cc2)oc2cc(-n3nc(C)nc3-c3ccc(B(O)O)c(F)c3)c(C3CC3)cc12. The highest BCUT2D eigenvalue weighted by atomic mass is 19.1. The van der Waals surface area contributed by atoms with Crippen molar-refractivity contribution in [3.8, 4) is 28.4 Å². The molecule has 8 nitrogen and oxygen atoms in total. The first-order valence-electron chi connectivity index (χ1n) is 12.4. The highest BCUT2D eigenvalue weighted by Crippen LogP contribution is 2.46. The number of hydrogen-bond donors (Lipinski definition) is 3. The van der Waals surface area contributed by atoms with Gasteiger partial charge in [0.15, 0.2) is 5.82 Å². The fraction of sp³-hybridized carbons (Fsp3) is 0.179. The normalized spacial score (nSPS) is 13.2. The zero-order valence-electron chi connectivity index (χ0n) is 21.1. The minimum Gasteiger partial charge on any atom is -0.455 e. The van der Waals surface area contributed by atoms with E-state index in [0.717, 1.165) is 18.4 Å². The van der Waals surface area contributed by atoms with Crippen LogP contribution in [0, 0.1) is 18.6 Å². The summed E-state index contributed by atoms with van der Waals surface area (Å²) >= 11 is 0. The number of hydrogen-bond acceptors (Lipinski definition) is 6. The zero-order chi connectivity index (χ0) is 27.4. The number of fused-ring (bicyclic) bond motifs is 1. The lowest BCUT2D eigenvalue weighted by Crippen LogP contribution is -2.32. The molecule has 1 saturated carbocycles. The van der Waals surface area contributed by atoms with Gasteiger partial charge in [-0.15, -0.1) is 0 Å². The number of furan rings is 1. The first-order chi connectivity index (χ1) is 18.7. The molecule has 11 heteroatoms. The van der Waals surface area contributed by atoms with Crippen LogP contribution in [0.1, 0.15) is 40.5 Å². The van der Waals surface area contributed by atoms with Crippen molar-refractivity contribution in [2.75, 3.05) is 7.05 Å². The van der Waals surface area contributed by atoms with E-state index in [9.17, 15) is 23.6 Å². The second-order valence-corrected chi connectivity index (χ2v) is 9.58. The van der Waals surface area contributed by atoms with Crippen LogP contribution < -0.4 is 10.8 Å². The van der Waals surface area contributed by atoms with E-state index >= 15 is 0 Å². The molecule has 39 heavy (non-hydrogen) atoms. The van der Waals surface area contributed by atoms with E-state index in [1.165, 1.54) is 31.3 Å². The van der Waals surface area contributed by atoms with Crippen molar-refractivity contribution in [3.05, 3.63) is 83.2 Å². The summed E-state index contributed by atoms with van der Waals surface area (Å²) in [4.78, 5) is 17.5. The molecule has 6 rings (SSSR count). The van der Waals surface area contributed by atoms with Crippen LogP contribution in [-0.2, 0) is 0 Å². The Morgan fingerprint density at radius 2 is 1.79 bits per heavy atom. The van der Waals surface area contributed by atoms with E-state index < -0.39 is 18.8 Å². The van der Waals surface area contributed by atoms with Crippen molar-refractivity contribution < 1.29 is 28.0 Å². The second-order valence-electron chi connectivity index (χ2n) is 9.58. The Labute approximate surface area is 222 Å². The Balaban J connectivity index is 1.57. The van der Waals surface area contributed by atoms with Crippen molar-refractivity contribution in [1.29, 1.82) is 0 Å². The largest absolute Gasteiger partial charge is 0.491 e. The van der Waals surface area contributed by atoms with Gasteiger partial charge in [0.25, 0.3) is 5.91 Å². The molecule has 0 atom stereocenters. The average molecular weight is 528 g/mol. The molecule has 3 N–H and O–H groups in total. The summed E-state index contributed by atoms with van der Waals surface area (Å²) in [5.74, 6) is -0.147. The summed E-state index contributed by atoms with van der Waals surface area (Å²) in [6, 6.07) is 13.5. The van der Waals surface area contributed by atoms with E-state index in [1.54, 1.807) is 35.9 Å². The molecule has 1 aliphatic carbocycles. The number of nitrogens with zero attached hydrogens (tertiary/aromatic N) is 3. The molecule has 0 unspecified atom stereocenters. The van der Waals surface area contributed by atoms with Gasteiger partial charge in [0, 0.05) is 35.1 Å². The molecular weight excluding hydrogens is 505 g/mol. The van der Waals surface area contributed by atoms with Crippen LogP contribution in [-0.4, -0.2) is 44.9 Å². The molecule has 0 aliphatic heterocycles. The van der Waals surface area contributed by atoms with Crippen LogP contribution in [0.3, 0.4) is 0 Å². The number of aryl methyl sites for hydroxylation is 1. The minimum absolute atomic E-state index is 0.229. The quantitative estimate of drug-likeness (QED) is 0.289. The number of benzene rings is 3. The first-order valence-corrected chi connectivity index (χ1v) is 12.4. The highest BCUT2D eigenvalue weighted by Gasteiger charge is 2.31. The maximum Gasteiger partial charge on any atom is 0.491 e. The Morgan fingerprint density at radius 3 is 2.44 bits per heavy atom. The van der Waals surface area contributed by atoms with Crippen molar-refractivity contribution in [1.82, 2.24) is 20.1 Å². The standard InChI is InChI=1S/C28H23BF2N4O4/c1-14-33-27(17-7-10-21(29(37)38)22(31)11-17)35(34-14)23-13-24-20(12-19(23)15-3-4-15)25(28(36)32-2)26(39-24)16-5-8-18(30)9-6-16/h5-13,15,37-38H,3-4H2,1-2H3,(H,32,36). The third-order valence-corrected chi connectivity index (χ3v) is 6.89. The summed E-state index contributed by atoms with van der Waals surface area (Å²) in [5, 5.41) is 26.7. The van der Waals surface area contributed by atoms with Gasteiger partial charge in [-0.3, -0.25) is 4.79 Å². The van der Waals surface area contributed by atoms with Crippen molar-refractivity contribution in [2.24, 2.45) is 0 Å². The molecule has 196 valence electrons. The summed E-state index contributed by atoms with van der Waals surface area (Å²) < 4.78 is 36.1. The second kappa shape index (κ2) is 9.44. The van der Waals surface area contributed by atoms with E-state index in [-0.39, 0.29) is 17.3 Å². The smallest absolute Gasteiger partial charge is 0.455 e. The number of amides is 1. The van der Waals surface area contributed by atoms with Crippen LogP contribution in [0.2, 0.25) is 0 Å². The maximum atomic E-state index is 14.6. The lowest BCUT2D eigenvalue weighted by atomic mass is 9.79. The number of halogens is 2. The lowest BCUT2D eigenvalue weighted by Gasteiger charge is -2.12. The lowest BCUT2D eigenvalue weighted by molar-refractivity contribution is 0.0964. The monoisotopic (exact) mass is 528 g/mol. The summed E-state index contributed by atoms with van der Waals surface area (Å²) in [6.07, 6.45) is 1.91. The van der Waals surface area contributed by atoms with E-state index in [4.69, 9.17) is 4.42 Å². The molecule has 0 spiro atoms. The van der Waals surface area contributed by atoms with Crippen LogP contribution >= 0.6 is 0 Å². The predicted molar refractivity (Wildman–Crippen MR) is 142 cm³/mol. The van der Waals surface area contributed by atoms with Gasteiger partial charge in [0.1, 0.15) is 28.8 Å². The molecule has 1 aliphatic rings. The van der Waals surface area contributed by atoms with Gasteiger partial charge >= 0.3 is 7.12 Å². The Hall–Kier alpha value is -4.35. The van der Waals surface area contributed by atoms with Gasteiger partial charge in [-0.05, 0) is 67.6 Å². The fourth-order valence-corrected chi connectivity index (χ4v) is 4.85. The molecule has 0 bridgehead atoms. The molecule has 1 amide bonds. The third kappa shape index (κ3) is 4.39. The molecule has 0 radical (unpaired) electrons. The molecule has 1 fully saturated rings. The van der Waals surface area contributed by atoms with Gasteiger partial charge in [-0.25, -0.2) is 18.4 Å². The van der Waals surface area contributed by atoms with Gasteiger partial charge in [-0.1, -0.05) is 12.1 Å². The number of aromatic nitrogens is 3. The van der Waals surface area contributed by atoms with Crippen molar-refractivity contribution in [3.63, 3.8) is 0 Å². The van der Waals surface area contributed by atoms with Crippen LogP contribution in [0.25, 0.3) is 39.4 Å². The predicted octanol–water partition coefficient (Wildman–Crippen LogP) is 3.85. The molecule has 2 aromatic heterocycles. The average Bonchev–Trinajstić information content (AvgIpc) is 3.59. The van der Waals surface area contributed by atoms with Crippen molar-refractivity contribution >= 4 is 29.5 Å². The topological polar surface area (TPSA) is 113 Å². The van der Waals surface area contributed by atoms with Gasteiger partial charge in [0.2, 0.25) is 0 Å². The van der Waals surface area contributed by atoms with Crippen LogP contribution in [0.4, 0.5) is 8.78 Å². The van der Waals surface area contributed by atoms with Gasteiger partial charge < -0.3 is 19.8 Å². The number of nitrogens with one attached hydrogen (secondary N) is 1. The Morgan fingerprint density at radius 1 is 1.08 bits per heavy atom. The van der Waals surface area contributed by atoms with E-state index in [2.05, 4.69) is 15.4 Å². The van der Waals surface area contributed by atoms with Gasteiger partial charge in [-0.2, -0.15) is 5.10 Å². The summed E-state index contributed by atoms with van der Waals surface area (Å²) in [7, 11) is -0.400. The van der Waals surface area contributed by atoms with Crippen molar-refractivity contribution in [2.45, 2.75) is 25.7 Å². The summed E-state index contributed by atoms with van der Waals surface area (Å²) in [6.45, 7) is 1.72. The first kappa shape index (κ1) is 25.0. The molecule has 2 heterocycles. The molecule has 5 aromatic rings. The molecule has 3 aromatic carbocycles. The van der Waals surface area contributed by atoms with E-state index in [1.807, 2.05) is 6.07 Å². The number of rotatable bonds is 6. The minimum atomic E-state index is -1.94. The Bertz CT molecular complexity index is 1740. The third-order valence-electron chi connectivity index (χ3n) is 6.89. The fourth-order valence-electron chi connectivity index (χ4n) is 4.85. The highest BCUT2D eigenvalue weighted by molar-refractivity contribution is 6.58. The maximum absolute atomic E-state index is 14.6. The van der Waals surface area contributed by atoms with E-state index in [0.29, 0.717) is 50.8 Å². The summed E-state index contributed by atoms with van der Waals surface area (Å²) in [5.41, 5.74) is 3.10. The zero-order valence-corrected chi connectivity index (χ0v) is 21.1. The van der Waals surface area contributed by atoms with Gasteiger partial charge in [0.05, 0.1) is 11.3 Å². The number of carbonyl (C=O) groups excluding carboxylic acids is 1. The Kier molecular flexibility index (Phi) is 6.04. The molecular formula is C28H23BF2N4O4.